The van der Waals surface area contributed by atoms with E-state index in [1.165, 1.54) is 32.1 Å². The molecule has 0 aliphatic heterocycles. The molecule has 4 aliphatic rings. The van der Waals surface area contributed by atoms with E-state index in [9.17, 15) is 5.11 Å². The monoisotopic (exact) mass is 287 g/mol. The molecule has 0 radical (unpaired) electrons. The van der Waals surface area contributed by atoms with E-state index >= 15 is 0 Å². The number of benzene rings is 1. The summed E-state index contributed by atoms with van der Waals surface area (Å²) in [7, 11) is 0. The lowest BCUT2D eigenvalue weighted by Crippen LogP contribution is -2.49. The van der Waals surface area contributed by atoms with E-state index < -0.39 is 0 Å². The van der Waals surface area contributed by atoms with Crippen LogP contribution in [-0.4, -0.2) is 17.9 Å². The van der Waals surface area contributed by atoms with Crippen molar-refractivity contribution in [1.29, 1.82) is 0 Å². The Morgan fingerprint density at radius 1 is 1.10 bits per heavy atom. The molecule has 4 bridgehead atoms. The Labute approximate surface area is 126 Å². The van der Waals surface area contributed by atoms with Gasteiger partial charge < -0.3 is 15.2 Å². The molecule has 5 rings (SSSR count). The summed E-state index contributed by atoms with van der Waals surface area (Å²) in [6.07, 6.45) is 7.45. The number of phenolic OH excluding ortho intramolecular Hbond substituents is 1. The molecule has 4 fully saturated rings. The number of rotatable bonds is 4. The minimum atomic E-state index is 0.300. The second kappa shape index (κ2) is 5.20. The first-order valence-corrected chi connectivity index (χ1v) is 8.34. The average Bonchev–Trinajstić information content (AvgIpc) is 2.44. The highest BCUT2D eigenvalue weighted by Crippen LogP contribution is 2.54. The molecule has 4 saturated carbocycles. The third kappa shape index (κ3) is 2.52. The van der Waals surface area contributed by atoms with Crippen LogP contribution in [0.25, 0.3) is 0 Å². The van der Waals surface area contributed by atoms with Crippen molar-refractivity contribution in [3.8, 4) is 5.75 Å². The molecule has 3 nitrogen and oxygen atoms in total. The number of ether oxygens (including phenoxy) is 1. The summed E-state index contributed by atoms with van der Waals surface area (Å²) in [6, 6.07) is 5.62. The standard InChI is InChI=1S/C18H25NO2/c1-11-2-3-17(20)16(4-11)19-10-21-18-14-6-12-5-13(8-14)9-15(18)7-12/h2-4,12-15,18-20H,5-10H2,1H3. The minimum Gasteiger partial charge on any atom is -0.506 e. The Morgan fingerprint density at radius 2 is 1.76 bits per heavy atom. The third-order valence-corrected chi connectivity index (χ3v) is 5.83. The van der Waals surface area contributed by atoms with Crippen LogP contribution in [0.1, 0.15) is 37.7 Å². The van der Waals surface area contributed by atoms with Crippen LogP contribution in [0.2, 0.25) is 0 Å². The molecule has 0 spiro atoms. The third-order valence-electron chi connectivity index (χ3n) is 5.83. The zero-order valence-electron chi connectivity index (χ0n) is 12.7. The van der Waals surface area contributed by atoms with Gasteiger partial charge in [-0.05, 0) is 80.4 Å². The molecule has 0 atom stereocenters. The van der Waals surface area contributed by atoms with Crippen LogP contribution in [0.15, 0.2) is 18.2 Å². The molecule has 1 aromatic carbocycles. The minimum absolute atomic E-state index is 0.300. The van der Waals surface area contributed by atoms with Crippen LogP contribution < -0.4 is 5.32 Å². The number of anilines is 1. The summed E-state index contributed by atoms with van der Waals surface area (Å²) >= 11 is 0. The first kappa shape index (κ1) is 13.4. The van der Waals surface area contributed by atoms with Crippen molar-refractivity contribution in [1.82, 2.24) is 0 Å². The van der Waals surface area contributed by atoms with E-state index in [2.05, 4.69) is 5.32 Å². The second-order valence-corrected chi connectivity index (χ2v) is 7.40. The van der Waals surface area contributed by atoms with Crippen molar-refractivity contribution in [2.24, 2.45) is 23.7 Å². The van der Waals surface area contributed by atoms with E-state index in [-0.39, 0.29) is 0 Å². The number of aromatic hydroxyl groups is 1. The molecule has 21 heavy (non-hydrogen) atoms. The number of nitrogens with one attached hydrogen (secondary N) is 1. The van der Waals surface area contributed by atoms with Crippen molar-refractivity contribution >= 4 is 5.69 Å². The smallest absolute Gasteiger partial charge is 0.138 e. The largest absolute Gasteiger partial charge is 0.506 e. The second-order valence-electron chi connectivity index (χ2n) is 7.40. The number of hydrogen-bond acceptors (Lipinski definition) is 3. The fourth-order valence-electron chi connectivity index (χ4n) is 5.15. The van der Waals surface area contributed by atoms with Crippen molar-refractivity contribution in [2.45, 2.75) is 45.1 Å². The van der Waals surface area contributed by atoms with Crippen molar-refractivity contribution in [3.05, 3.63) is 23.8 Å². The maximum absolute atomic E-state index is 9.86. The first-order chi connectivity index (χ1) is 10.2. The van der Waals surface area contributed by atoms with E-state index in [4.69, 9.17) is 4.74 Å². The van der Waals surface area contributed by atoms with Gasteiger partial charge in [-0.25, -0.2) is 0 Å². The Kier molecular flexibility index (Phi) is 3.33. The Hall–Kier alpha value is -1.22. The predicted molar refractivity (Wildman–Crippen MR) is 83.3 cm³/mol. The van der Waals surface area contributed by atoms with Crippen LogP contribution in [0, 0.1) is 30.6 Å². The van der Waals surface area contributed by atoms with Gasteiger partial charge >= 0.3 is 0 Å². The zero-order valence-corrected chi connectivity index (χ0v) is 12.7. The SMILES string of the molecule is Cc1ccc(O)c(NCOC2C3CC4CC(C3)CC2C4)c1. The molecule has 1 aromatic rings. The highest BCUT2D eigenvalue weighted by atomic mass is 16.5. The molecule has 2 N–H and O–H groups in total. The van der Waals surface area contributed by atoms with Gasteiger partial charge in [0.25, 0.3) is 0 Å². The molecule has 0 aromatic heterocycles. The zero-order chi connectivity index (χ0) is 14.4. The fourth-order valence-corrected chi connectivity index (χ4v) is 5.15. The van der Waals surface area contributed by atoms with E-state index in [0.717, 1.165) is 34.9 Å². The highest BCUT2D eigenvalue weighted by Gasteiger charge is 2.48. The summed E-state index contributed by atoms with van der Waals surface area (Å²) < 4.78 is 6.20. The summed E-state index contributed by atoms with van der Waals surface area (Å²) in [5.74, 6) is 3.85. The van der Waals surface area contributed by atoms with Gasteiger partial charge in [0.15, 0.2) is 0 Å². The summed E-state index contributed by atoms with van der Waals surface area (Å²) in [4.78, 5) is 0. The van der Waals surface area contributed by atoms with Crippen LogP contribution in [0.3, 0.4) is 0 Å². The molecule has 0 saturated heterocycles. The van der Waals surface area contributed by atoms with Crippen molar-refractivity contribution < 1.29 is 9.84 Å². The molecular weight excluding hydrogens is 262 g/mol. The average molecular weight is 287 g/mol. The molecule has 4 aliphatic carbocycles. The summed E-state index contributed by atoms with van der Waals surface area (Å²) in [6.45, 7) is 2.54. The topological polar surface area (TPSA) is 41.5 Å². The molecular formula is C18H25NO2. The molecule has 114 valence electrons. The Morgan fingerprint density at radius 3 is 2.43 bits per heavy atom. The lowest BCUT2D eigenvalue weighted by Gasteiger charge is -2.53. The van der Waals surface area contributed by atoms with Crippen LogP contribution in [-0.2, 0) is 4.74 Å². The van der Waals surface area contributed by atoms with Crippen molar-refractivity contribution in [3.63, 3.8) is 0 Å². The predicted octanol–water partition coefficient (Wildman–Crippen LogP) is 3.91. The van der Waals surface area contributed by atoms with E-state index in [1.54, 1.807) is 6.07 Å². The van der Waals surface area contributed by atoms with Gasteiger partial charge in [-0.15, -0.1) is 0 Å². The van der Waals surface area contributed by atoms with Crippen molar-refractivity contribution in [2.75, 3.05) is 12.0 Å². The Balaban J connectivity index is 1.36. The van der Waals surface area contributed by atoms with Gasteiger partial charge in [-0.2, -0.15) is 0 Å². The van der Waals surface area contributed by atoms with Crippen LogP contribution >= 0.6 is 0 Å². The van der Waals surface area contributed by atoms with Gasteiger partial charge in [-0.3, -0.25) is 0 Å². The molecule has 0 heterocycles. The van der Waals surface area contributed by atoms with Gasteiger partial charge in [0.05, 0.1) is 11.8 Å². The summed E-state index contributed by atoms with van der Waals surface area (Å²) in [5.41, 5.74) is 1.92. The van der Waals surface area contributed by atoms with E-state index in [0.29, 0.717) is 18.6 Å². The highest BCUT2D eigenvalue weighted by molar-refractivity contribution is 5.56. The van der Waals surface area contributed by atoms with Gasteiger partial charge in [0.1, 0.15) is 12.5 Å². The molecule has 0 amide bonds. The first-order valence-electron chi connectivity index (χ1n) is 8.34. The lowest BCUT2D eigenvalue weighted by molar-refractivity contribution is -0.122. The summed E-state index contributed by atoms with van der Waals surface area (Å²) in [5, 5.41) is 13.1. The quantitative estimate of drug-likeness (QED) is 0.651. The van der Waals surface area contributed by atoms with E-state index in [1.807, 2.05) is 19.1 Å². The van der Waals surface area contributed by atoms with Crippen LogP contribution in [0.5, 0.6) is 5.75 Å². The number of aryl methyl sites for hydroxylation is 1. The molecule has 0 unspecified atom stereocenters. The van der Waals surface area contributed by atoms with Crippen LogP contribution in [0.4, 0.5) is 5.69 Å². The van der Waals surface area contributed by atoms with Gasteiger partial charge in [0, 0.05) is 0 Å². The van der Waals surface area contributed by atoms with Gasteiger partial charge in [0.2, 0.25) is 0 Å². The fraction of sp³-hybridized carbons (Fsp3) is 0.667. The normalized spacial score (nSPS) is 36.9. The maximum Gasteiger partial charge on any atom is 0.138 e. The Bertz CT molecular complexity index is 500. The maximum atomic E-state index is 9.86. The number of phenols is 1. The molecule has 3 heteroatoms. The lowest BCUT2D eigenvalue weighted by atomic mass is 9.55. The number of hydrogen-bond donors (Lipinski definition) is 2. The van der Waals surface area contributed by atoms with Gasteiger partial charge in [-0.1, -0.05) is 6.07 Å².